The van der Waals surface area contributed by atoms with Gasteiger partial charge in [-0.3, -0.25) is 19.7 Å². The van der Waals surface area contributed by atoms with Crippen molar-refractivity contribution in [3.8, 4) is 0 Å². The highest BCUT2D eigenvalue weighted by Gasteiger charge is 2.31. The van der Waals surface area contributed by atoms with E-state index >= 15 is 0 Å². The van der Waals surface area contributed by atoms with Crippen molar-refractivity contribution in [2.75, 3.05) is 5.32 Å². The van der Waals surface area contributed by atoms with Crippen LogP contribution in [0.2, 0.25) is 0 Å². The molecule has 0 radical (unpaired) electrons. The number of thiophene rings is 1. The lowest BCUT2D eigenvalue weighted by molar-refractivity contribution is -0.134. The average molecular weight is 424 g/mol. The van der Waals surface area contributed by atoms with Gasteiger partial charge in [-0.2, -0.15) is 0 Å². The predicted octanol–water partition coefficient (Wildman–Crippen LogP) is 3.91. The van der Waals surface area contributed by atoms with Gasteiger partial charge in [0, 0.05) is 28.1 Å². The fourth-order valence-corrected chi connectivity index (χ4v) is 4.80. The molecule has 2 aromatic rings. The molecule has 1 atom stereocenters. The van der Waals surface area contributed by atoms with Crippen LogP contribution in [0.5, 0.6) is 0 Å². The second kappa shape index (κ2) is 8.44. The van der Waals surface area contributed by atoms with Crippen LogP contribution >= 0.6 is 11.3 Å². The van der Waals surface area contributed by atoms with Crippen molar-refractivity contribution < 1.29 is 14.4 Å². The largest absolute Gasteiger partial charge is 0.373 e. The first-order valence-corrected chi connectivity index (χ1v) is 11.0. The van der Waals surface area contributed by atoms with Gasteiger partial charge in [-0.25, -0.2) is 0 Å². The number of hydrogen-bond acceptors (Lipinski definition) is 5. The van der Waals surface area contributed by atoms with Gasteiger partial charge in [0.05, 0.1) is 0 Å². The zero-order chi connectivity index (χ0) is 21.3. The second-order valence-corrected chi connectivity index (χ2v) is 9.01. The van der Waals surface area contributed by atoms with Crippen molar-refractivity contribution >= 4 is 39.8 Å². The minimum Gasteiger partial charge on any atom is -0.373 e. The third kappa shape index (κ3) is 4.03. The Morgan fingerprint density at radius 1 is 1.10 bits per heavy atom. The molecule has 0 spiro atoms. The first-order chi connectivity index (χ1) is 14.4. The highest BCUT2D eigenvalue weighted by molar-refractivity contribution is 7.16. The van der Waals surface area contributed by atoms with Crippen molar-refractivity contribution in [3.05, 3.63) is 57.5 Å². The van der Waals surface area contributed by atoms with Crippen molar-refractivity contribution in [1.29, 1.82) is 0 Å². The minimum atomic E-state index is -0.455. The van der Waals surface area contributed by atoms with Crippen LogP contribution in [0.3, 0.4) is 0 Å². The number of aryl methyl sites for hydroxylation is 1. The van der Waals surface area contributed by atoms with Gasteiger partial charge in [0.2, 0.25) is 11.8 Å². The number of nitrogens with one attached hydrogen (secondary N) is 3. The summed E-state index contributed by atoms with van der Waals surface area (Å²) in [5, 5.41) is 9.71. The number of rotatable bonds is 5. The van der Waals surface area contributed by atoms with E-state index in [9.17, 15) is 14.4 Å². The van der Waals surface area contributed by atoms with E-state index in [-0.39, 0.29) is 17.7 Å². The molecule has 3 N–H and O–H groups in total. The number of amides is 3. The summed E-state index contributed by atoms with van der Waals surface area (Å²) in [7, 11) is 0. The molecule has 2 heterocycles. The number of piperidine rings is 1. The van der Waals surface area contributed by atoms with Crippen LogP contribution in [-0.4, -0.2) is 23.8 Å². The standard InChI is InChI=1S/C23H25N3O3S/c1-13-14(2)30-23(26-21(28)16-7-4-3-5-8-16)19(13)20(15-9-6-10-15)24-17-11-12-18(27)25-22(17)29/h3-5,7-8,17,24H,6,9-12H2,1-2H3,(H,26,28)(H,25,27,29). The molecule has 1 aliphatic carbocycles. The van der Waals surface area contributed by atoms with Gasteiger partial charge in [-0.05, 0) is 62.8 Å². The lowest BCUT2D eigenvalue weighted by Gasteiger charge is -2.29. The van der Waals surface area contributed by atoms with Crippen molar-refractivity contribution in [1.82, 2.24) is 10.6 Å². The molecule has 1 saturated carbocycles. The zero-order valence-corrected chi connectivity index (χ0v) is 17.9. The molecule has 156 valence electrons. The normalized spacial score (nSPS) is 18.5. The van der Waals surface area contributed by atoms with Crippen molar-refractivity contribution in [2.24, 2.45) is 0 Å². The van der Waals surface area contributed by atoms with E-state index in [1.54, 1.807) is 23.5 Å². The van der Waals surface area contributed by atoms with Gasteiger partial charge in [-0.15, -0.1) is 11.3 Å². The fourth-order valence-electron chi connectivity index (χ4n) is 3.74. The maximum Gasteiger partial charge on any atom is 0.256 e. The zero-order valence-electron chi connectivity index (χ0n) is 17.1. The summed E-state index contributed by atoms with van der Waals surface area (Å²) in [5.74, 6) is -0.672. The molecule has 2 aliphatic rings. The molecule has 0 bridgehead atoms. The van der Waals surface area contributed by atoms with Crippen LogP contribution in [0.25, 0.3) is 5.70 Å². The van der Waals surface area contributed by atoms with E-state index in [1.807, 2.05) is 32.0 Å². The molecule has 2 fully saturated rings. The van der Waals surface area contributed by atoms with Crippen molar-refractivity contribution in [3.63, 3.8) is 0 Å². The quantitative estimate of drug-likeness (QED) is 0.637. The summed E-state index contributed by atoms with van der Waals surface area (Å²) in [5.41, 5.74) is 4.85. The molecule has 1 aliphatic heterocycles. The maximum absolute atomic E-state index is 12.8. The summed E-state index contributed by atoms with van der Waals surface area (Å²) in [6, 6.07) is 8.68. The number of hydrogen-bond donors (Lipinski definition) is 3. The topological polar surface area (TPSA) is 87.3 Å². The first-order valence-electron chi connectivity index (χ1n) is 10.2. The van der Waals surface area contributed by atoms with Gasteiger partial charge < -0.3 is 10.6 Å². The third-order valence-electron chi connectivity index (χ3n) is 5.77. The molecule has 30 heavy (non-hydrogen) atoms. The van der Waals surface area contributed by atoms with Crippen LogP contribution in [0, 0.1) is 13.8 Å². The summed E-state index contributed by atoms with van der Waals surface area (Å²) in [4.78, 5) is 37.8. The van der Waals surface area contributed by atoms with Crippen LogP contribution < -0.4 is 16.0 Å². The number of carbonyl (C=O) groups excluding carboxylic acids is 3. The Morgan fingerprint density at radius 3 is 2.47 bits per heavy atom. The highest BCUT2D eigenvalue weighted by atomic mass is 32.1. The summed E-state index contributed by atoms with van der Waals surface area (Å²) >= 11 is 1.55. The molecular formula is C23H25N3O3S. The number of imide groups is 1. The summed E-state index contributed by atoms with van der Waals surface area (Å²) in [6.07, 6.45) is 3.84. The molecule has 1 aromatic carbocycles. The second-order valence-electron chi connectivity index (χ2n) is 7.79. The van der Waals surface area contributed by atoms with Crippen LogP contribution in [0.1, 0.15) is 58.5 Å². The van der Waals surface area contributed by atoms with Crippen LogP contribution in [0.15, 0.2) is 35.9 Å². The van der Waals surface area contributed by atoms with Gasteiger partial charge in [-0.1, -0.05) is 18.2 Å². The van der Waals surface area contributed by atoms with Gasteiger partial charge >= 0.3 is 0 Å². The molecule has 3 amide bonds. The molecule has 7 heteroatoms. The summed E-state index contributed by atoms with van der Waals surface area (Å²) in [6.45, 7) is 4.08. The monoisotopic (exact) mass is 423 g/mol. The highest BCUT2D eigenvalue weighted by Crippen LogP contribution is 2.42. The number of carbonyl (C=O) groups is 3. The van der Waals surface area contributed by atoms with Gasteiger partial charge in [0.25, 0.3) is 5.91 Å². The molecule has 1 saturated heterocycles. The smallest absolute Gasteiger partial charge is 0.256 e. The Bertz CT molecular complexity index is 1030. The molecule has 4 rings (SSSR count). The molecule has 6 nitrogen and oxygen atoms in total. The van der Waals surface area contributed by atoms with E-state index in [0.29, 0.717) is 18.4 Å². The first kappa shape index (κ1) is 20.3. The van der Waals surface area contributed by atoms with E-state index in [1.165, 1.54) is 5.57 Å². The Morgan fingerprint density at radius 2 is 1.83 bits per heavy atom. The molecule has 1 unspecified atom stereocenters. The number of anilines is 1. The van der Waals surface area contributed by atoms with E-state index in [2.05, 4.69) is 16.0 Å². The van der Waals surface area contributed by atoms with Gasteiger partial charge in [0.15, 0.2) is 0 Å². The average Bonchev–Trinajstić information content (AvgIpc) is 2.96. The van der Waals surface area contributed by atoms with Gasteiger partial charge in [0.1, 0.15) is 11.0 Å². The Labute approximate surface area is 179 Å². The van der Waals surface area contributed by atoms with Crippen LogP contribution in [-0.2, 0) is 9.59 Å². The van der Waals surface area contributed by atoms with E-state index < -0.39 is 6.04 Å². The molecule has 1 aromatic heterocycles. The Balaban J connectivity index is 1.67. The Hall–Kier alpha value is -2.93. The number of allylic oxidation sites excluding steroid dienone is 1. The molecular weight excluding hydrogens is 398 g/mol. The van der Waals surface area contributed by atoms with E-state index in [0.717, 1.165) is 46.0 Å². The predicted molar refractivity (Wildman–Crippen MR) is 118 cm³/mol. The lowest BCUT2D eigenvalue weighted by atomic mass is 9.87. The SMILES string of the molecule is Cc1sc(NC(=O)c2ccccc2)c(C(NC2CCC(=O)NC2=O)=C2CCC2)c1C. The lowest BCUT2D eigenvalue weighted by Crippen LogP contribution is -2.50. The maximum atomic E-state index is 12.8. The fraction of sp³-hybridized carbons (Fsp3) is 0.348. The Kier molecular flexibility index (Phi) is 5.72. The van der Waals surface area contributed by atoms with E-state index in [4.69, 9.17) is 0 Å². The van der Waals surface area contributed by atoms with Crippen LogP contribution in [0.4, 0.5) is 5.00 Å². The third-order valence-corrected chi connectivity index (χ3v) is 6.89. The minimum absolute atomic E-state index is 0.155. The number of benzene rings is 1. The van der Waals surface area contributed by atoms with Crippen molar-refractivity contribution in [2.45, 2.75) is 52.0 Å². The summed E-state index contributed by atoms with van der Waals surface area (Å²) < 4.78 is 0.